The molecule has 0 aromatic carbocycles. The van der Waals surface area contributed by atoms with Crippen LogP contribution in [0.5, 0.6) is 0 Å². The number of nitrogens with zero attached hydrogens (tertiary/aromatic N) is 1. The maximum Gasteiger partial charge on any atom is 0.345 e. The molecule has 0 spiro atoms. The Balaban J connectivity index is 4.22. The summed E-state index contributed by atoms with van der Waals surface area (Å²) in [6.07, 6.45) is -2.13. The highest BCUT2D eigenvalue weighted by atomic mass is 17.2. The van der Waals surface area contributed by atoms with Gasteiger partial charge in [0.2, 0.25) is 0 Å². The van der Waals surface area contributed by atoms with Gasteiger partial charge in [-0.3, -0.25) is 9.68 Å². The molecule has 0 heterocycles. The summed E-state index contributed by atoms with van der Waals surface area (Å²) in [4.78, 5) is 43.6. The topological polar surface area (TPSA) is 134 Å². The molecule has 0 bridgehead atoms. The van der Waals surface area contributed by atoms with Crippen LogP contribution in [0.3, 0.4) is 0 Å². The van der Waals surface area contributed by atoms with Crippen LogP contribution in [0, 0.1) is 0 Å². The first-order valence-electron chi connectivity index (χ1n) is 6.47. The van der Waals surface area contributed by atoms with Gasteiger partial charge in [-0.2, -0.15) is 4.89 Å². The van der Waals surface area contributed by atoms with Crippen LogP contribution in [0.4, 0.5) is 0 Å². The number of hydrogen-bond donors (Lipinski definition) is 3. The highest BCUT2D eigenvalue weighted by molar-refractivity contribution is 5.88. The average Bonchev–Trinajstić information content (AvgIpc) is 2.37. The lowest BCUT2D eigenvalue weighted by Gasteiger charge is -2.20. The number of aliphatic hydroxyl groups is 1. The minimum absolute atomic E-state index is 0.0812. The molecule has 0 aromatic rings. The highest BCUT2D eigenvalue weighted by Gasteiger charge is 2.41. The van der Waals surface area contributed by atoms with E-state index in [1.807, 2.05) is 18.7 Å². The minimum atomic E-state index is -2.72. The zero-order chi connectivity index (χ0) is 16.5. The Morgan fingerprint density at radius 3 is 2.10 bits per heavy atom. The normalized spacial score (nSPS) is 13.7. The van der Waals surface area contributed by atoms with Gasteiger partial charge >= 0.3 is 17.9 Å². The SMILES string of the molecule is CCN(CC)CCOOC(=O)CC(O)(CC(=O)O)C(=O)O. The van der Waals surface area contributed by atoms with Crippen LogP contribution in [-0.4, -0.2) is 70.0 Å². The lowest BCUT2D eigenvalue weighted by Crippen LogP contribution is -2.43. The Labute approximate surface area is 122 Å². The maximum absolute atomic E-state index is 11.4. The molecule has 0 saturated heterocycles. The van der Waals surface area contributed by atoms with E-state index in [9.17, 15) is 19.5 Å². The molecule has 0 fully saturated rings. The number of likely N-dealkylation sites (N-methyl/N-ethyl adjacent to an activating group) is 1. The van der Waals surface area contributed by atoms with Crippen molar-refractivity contribution in [2.75, 3.05) is 26.2 Å². The smallest absolute Gasteiger partial charge is 0.345 e. The molecule has 3 N–H and O–H groups in total. The summed E-state index contributed by atoms with van der Waals surface area (Å²) >= 11 is 0. The maximum atomic E-state index is 11.4. The zero-order valence-corrected chi connectivity index (χ0v) is 12.1. The van der Waals surface area contributed by atoms with E-state index in [1.165, 1.54) is 0 Å². The van der Waals surface area contributed by atoms with Crippen LogP contribution < -0.4 is 0 Å². The van der Waals surface area contributed by atoms with Gasteiger partial charge in [0.15, 0.2) is 5.60 Å². The van der Waals surface area contributed by atoms with Gasteiger partial charge in [-0.05, 0) is 13.1 Å². The Hall–Kier alpha value is -1.71. The first-order valence-corrected chi connectivity index (χ1v) is 6.47. The highest BCUT2D eigenvalue weighted by Crippen LogP contribution is 2.17. The first kappa shape index (κ1) is 19.3. The van der Waals surface area contributed by atoms with Gasteiger partial charge in [-0.15, -0.1) is 0 Å². The van der Waals surface area contributed by atoms with Gasteiger partial charge in [-0.1, -0.05) is 13.8 Å². The van der Waals surface area contributed by atoms with Gasteiger partial charge in [0.25, 0.3) is 0 Å². The molecule has 9 nitrogen and oxygen atoms in total. The van der Waals surface area contributed by atoms with Gasteiger partial charge in [0.05, 0.1) is 12.8 Å². The number of carboxylic acid groups (broad SMARTS) is 2. The molecule has 9 heteroatoms. The third-order valence-corrected chi connectivity index (χ3v) is 2.82. The number of rotatable bonds is 11. The molecule has 0 aliphatic heterocycles. The third kappa shape index (κ3) is 7.59. The monoisotopic (exact) mass is 307 g/mol. The van der Waals surface area contributed by atoms with E-state index in [-0.39, 0.29) is 6.61 Å². The fraction of sp³-hybridized carbons (Fsp3) is 0.750. The van der Waals surface area contributed by atoms with Crippen molar-refractivity contribution in [2.45, 2.75) is 32.3 Å². The molecule has 0 saturated carbocycles. The average molecular weight is 307 g/mol. The van der Waals surface area contributed by atoms with Crippen molar-refractivity contribution in [3.05, 3.63) is 0 Å². The van der Waals surface area contributed by atoms with Crippen LogP contribution in [0.25, 0.3) is 0 Å². The molecule has 122 valence electrons. The van der Waals surface area contributed by atoms with E-state index in [1.54, 1.807) is 0 Å². The second-order valence-electron chi connectivity index (χ2n) is 4.39. The van der Waals surface area contributed by atoms with E-state index in [4.69, 9.17) is 10.2 Å². The van der Waals surface area contributed by atoms with Crippen molar-refractivity contribution in [1.82, 2.24) is 4.90 Å². The molecule has 0 radical (unpaired) electrons. The number of carboxylic acids is 2. The second-order valence-corrected chi connectivity index (χ2v) is 4.39. The Morgan fingerprint density at radius 1 is 1.10 bits per heavy atom. The van der Waals surface area contributed by atoms with Gasteiger partial charge in [0, 0.05) is 6.54 Å². The summed E-state index contributed by atoms with van der Waals surface area (Å²) in [5, 5.41) is 26.9. The summed E-state index contributed by atoms with van der Waals surface area (Å²) < 4.78 is 0. The lowest BCUT2D eigenvalue weighted by atomic mass is 9.96. The standard InChI is InChI=1S/C12H21NO8/c1-3-13(4-2)5-6-20-21-10(16)8-12(19,11(17)18)7-9(14)15/h19H,3-8H2,1-2H3,(H,14,15)(H,17,18). The third-order valence-electron chi connectivity index (χ3n) is 2.82. The molecular weight excluding hydrogens is 286 g/mol. The van der Waals surface area contributed by atoms with Gasteiger partial charge in [0.1, 0.15) is 6.61 Å². The fourth-order valence-electron chi connectivity index (χ4n) is 1.55. The summed E-state index contributed by atoms with van der Waals surface area (Å²) in [6.45, 7) is 6.09. The van der Waals surface area contributed by atoms with Gasteiger partial charge < -0.3 is 20.2 Å². The summed E-state index contributed by atoms with van der Waals surface area (Å²) in [6, 6.07) is 0. The van der Waals surface area contributed by atoms with Crippen molar-refractivity contribution < 1.29 is 39.5 Å². The van der Waals surface area contributed by atoms with Crippen molar-refractivity contribution in [1.29, 1.82) is 0 Å². The molecule has 21 heavy (non-hydrogen) atoms. The largest absolute Gasteiger partial charge is 0.481 e. The van der Waals surface area contributed by atoms with Crippen molar-refractivity contribution in [3.63, 3.8) is 0 Å². The zero-order valence-electron chi connectivity index (χ0n) is 12.1. The number of carbonyl (C=O) groups excluding carboxylic acids is 1. The van der Waals surface area contributed by atoms with Crippen LogP contribution in [-0.2, 0) is 24.2 Å². The number of hydrogen-bond acceptors (Lipinski definition) is 7. The molecule has 0 rings (SSSR count). The summed E-state index contributed by atoms with van der Waals surface area (Å²) in [5.41, 5.74) is -2.72. The van der Waals surface area contributed by atoms with E-state index in [0.717, 1.165) is 13.1 Å². The fourth-order valence-corrected chi connectivity index (χ4v) is 1.55. The molecule has 0 aliphatic rings. The first-order chi connectivity index (χ1) is 9.75. The van der Waals surface area contributed by atoms with E-state index in [0.29, 0.717) is 6.54 Å². The molecule has 0 amide bonds. The van der Waals surface area contributed by atoms with E-state index < -0.39 is 36.4 Å². The quantitative estimate of drug-likeness (QED) is 0.262. The molecule has 0 aromatic heterocycles. The predicted octanol–water partition coefficient (Wildman–Crippen LogP) is -0.516. The minimum Gasteiger partial charge on any atom is -0.481 e. The number of carbonyl (C=O) groups is 3. The molecule has 0 aliphatic carbocycles. The van der Waals surface area contributed by atoms with Crippen LogP contribution >= 0.6 is 0 Å². The van der Waals surface area contributed by atoms with Crippen LogP contribution in [0.2, 0.25) is 0 Å². The summed E-state index contributed by atoms with van der Waals surface area (Å²) in [5.74, 6) is -4.51. The van der Waals surface area contributed by atoms with Crippen LogP contribution in [0.1, 0.15) is 26.7 Å². The molecule has 1 unspecified atom stereocenters. The van der Waals surface area contributed by atoms with Gasteiger partial charge in [-0.25, -0.2) is 9.59 Å². The van der Waals surface area contributed by atoms with Crippen LogP contribution in [0.15, 0.2) is 0 Å². The van der Waals surface area contributed by atoms with Crippen molar-refractivity contribution in [2.24, 2.45) is 0 Å². The second kappa shape index (κ2) is 9.27. The van der Waals surface area contributed by atoms with Crippen molar-refractivity contribution in [3.8, 4) is 0 Å². The summed E-state index contributed by atoms with van der Waals surface area (Å²) in [7, 11) is 0. The van der Waals surface area contributed by atoms with E-state index >= 15 is 0 Å². The number of aliphatic carboxylic acids is 2. The Kier molecular flexibility index (Phi) is 8.51. The lowest BCUT2D eigenvalue weighted by molar-refractivity contribution is -0.276. The predicted molar refractivity (Wildman–Crippen MR) is 69.3 cm³/mol. The Morgan fingerprint density at radius 2 is 1.67 bits per heavy atom. The van der Waals surface area contributed by atoms with Crippen molar-refractivity contribution >= 4 is 17.9 Å². The Bertz CT molecular complexity index is 368. The molecule has 1 atom stereocenters. The van der Waals surface area contributed by atoms with E-state index in [2.05, 4.69) is 9.78 Å². The molecular formula is C12H21NO8.